The van der Waals surface area contributed by atoms with Gasteiger partial charge >= 0.3 is 0 Å². The molecule has 2 fully saturated rings. The van der Waals surface area contributed by atoms with Crippen molar-refractivity contribution in [2.75, 3.05) is 19.0 Å². The number of hydrogen-bond donors (Lipinski definition) is 1. The molecule has 4 heteroatoms. The minimum atomic E-state index is -0.628. The second-order valence-electron chi connectivity index (χ2n) is 12.9. The topological polar surface area (TPSA) is 40.5 Å². The number of aliphatic hydroxyl groups is 1. The Labute approximate surface area is 233 Å². The van der Waals surface area contributed by atoms with Gasteiger partial charge in [0.2, 0.25) is 0 Å². The molecule has 1 saturated carbocycles. The maximum absolute atomic E-state index is 12.2. The van der Waals surface area contributed by atoms with Crippen molar-refractivity contribution < 1.29 is 9.90 Å². The molecule has 6 atom stereocenters. The predicted octanol–water partition coefficient (Wildman–Crippen LogP) is 8.49. The second kappa shape index (κ2) is 13.6. The number of carbonyl (C=O) groups excluding carboxylic acids is 1. The lowest BCUT2D eigenvalue weighted by Crippen LogP contribution is -2.53. The van der Waals surface area contributed by atoms with Crippen molar-refractivity contribution in [3.63, 3.8) is 0 Å². The van der Waals surface area contributed by atoms with Gasteiger partial charge in [-0.1, -0.05) is 57.8 Å². The normalized spacial score (nSPS) is 36.5. The van der Waals surface area contributed by atoms with Crippen molar-refractivity contribution in [3.05, 3.63) is 22.8 Å². The standard InChI is InChI=1S/C31H50ClNO2.C2H6/c1-22-11-12-29(33(21-22)17-16-32)24(3)31(35)14-7-8-25(23(2)20-31)18-26-9-5-6-10-27-19-28(34)13-15-30(26,27)4;1-2/h19,22,24,26,29,35H,5-18,20-21H2,1-4H3;1-2H3/t22?,24-,26?,29?,30?,31?;/m1./s1. The zero-order chi connectivity index (χ0) is 27.2. The summed E-state index contributed by atoms with van der Waals surface area (Å²) in [5, 5.41) is 12.1. The van der Waals surface area contributed by atoms with Gasteiger partial charge < -0.3 is 5.11 Å². The van der Waals surface area contributed by atoms with E-state index in [-0.39, 0.29) is 11.3 Å². The van der Waals surface area contributed by atoms with E-state index in [0.717, 1.165) is 58.0 Å². The van der Waals surface area contributed by atoms with Crippen LogP contribution in [0.15, 0.2) is 22.8 Å². The van der Waals surface area contributed by atoms with Crippen molar-refractivity contribution >= 4 is 17.4 Å². The molecular formula is C33H56ClNO2. The van der Waals surface area contributed by atoms with Crippen molar-refractivity contribution in [1.82, 2.24) is 4.90 Å². The number of allylic oxidation sites excluding steroid dienone is 3. The number of rotatable bonds is 6. The van der Waals surface area contributed by atoms with Gasteiger partial charge in [-0.2, -0.15) is 0 Å². The van der Waals surface area contributed by atoms with Gasteiger partial charge in [-0.25, -0.2) is 0 Å². The highest BCUT2D eigenvalue weighted by Gasteiger charge is 2.44. The molecule has 0 amide bonds. The molecule has 3 aliphatic carbocycles. The van der Waals surface area contributed by atoms with Gasteiger partial charge in [-0.15, -0.1) is 11.6 Å². The third-order valence-electron chi connectivity index (χ3n) is 10.6. The molecule has 4 aliphatic rings. The van der Waals surface area contributed by atoms with Crippen LogP contribution in [0.5, 0.6) is 0 Å². The van der Waals surface area contributed by atoms with Gasteiger partial charge in [0, 0.05) is 37.4 Å². The summed E-state index contributed by atoms with van der Waals surface area (Å²) in [6.45, 7) is 15.4. The van der Waals surface area contributed by atoms with Crippen LogP contribution < -0.4 is 0 Å². The predicted molar refractivity (Wildman–Crippen MR) is 158 cm³/mol. The van der Waals surface area contributed by atoms with E-state index in [4.69, 9.17) is 11.6 Å². The molecule has 1 N–H and O–H groups in total. The third-order valence-corrected chi connectivity index (χ3v) is 10.8. The molecule has 1 saturated heterocycles. The lowest BCUT2D eigenvalue weighted by atomic mass is 9.63. The van der Waals surface area contributed by atoms with Crippen LogP contribution in [0.1, 0.15) is 125 Å². The number of likely N-dealkylation sites (tertiary alicyclic amines) is 1. The molecule has 1 heterocycles. The fourth-order valence-electron chi connectivity index (χ4n) is 8.16. The van der Waals surface area contributed by atoms with E-state index in [0.29, 0.717) is 36.0 Å². The molecule has 0 bridgehead atoms. The maximum atomic E-state index is 12.2. The third kappa shape index (κ3) is 7.12. The lowest BCUT2D eigenvalue weighted by molar-refractivity contribution is -0.116. The van der Waals surface area contributed by atoms with E-state index >= 15 is 0 Å². The number of alkyl halides is 1. The summed E-state index contributed by atoms with van der Waals surface area (Å²) in [4.78, 5) is 14.8. The number of carbonyl (C=O) groups is 1. The number of ketones is 1. The summed E-state index contributed by atoms with van der Waals surface area (Å²) in [7, 11) is 0. The number of hydrogen-bond acceptors (Lipinski definition) is 3. The number of nitrogens with zero attached hydrogens (tertiary/aromatic N) is 1. The molecule has 0 radical (unpaired) electrons. The largest absolute Gasteiger partial charge is 0.389 e. The van der Waals surface area contributed by atoms with Crippen LogP contribution in [0.25, 0.3) is 0 Å². The molecule has 0 aromatic carbocycles. The fraction of sp³-hybridized carbons (Fsp3) is 0.848. The summed E-state index contributed by atoms with van der Waals surface area (Å²) < 4.78 is 0. The highest BCUT2D eigenvalue weighted by atomic mass is 35.5. The Morgan fingerprint density at radius 3 is 2.59 bits per heavy atom. The number of piperidine rings is 1. The molecule has 212 valence electrons. The zero-order valence-corrected chi connectivity index (χ0v) is 25.6. The first-order chi connectivity index (χ1) is 17.7. The average Bonchev–Trinajstić information content (AvgIpc) is 3.12. The highest BCUT2D eigenvalue weighted by molar-refractivity contribution is 6.18. The van der Waals surface area contributed by atoms with E-state index in [2.05, 4.69) is 32.6 Å². The van der Waals surface area contributed by atoms with Crippen LogP contribution in [-0.2, 0) is 4.79 Å². The van der Waals surface area contributed by atoms with Crippen LogP contribution in [0.3, 0.4) is 0 Å². The molecule has 37 heavy (non-hydrogen) atoms. The fourth-order valence-corrected chi connectivity index (χ4v) is 8.38. The Balaban J connectivity index is 0.00000186. The number of fused-ring (bicyclic) bond motifs is 1. The first-order valence-electron chi connectivity index (χ1n) is 15.6. The summed E-state index contributed by atoms with van der Waals surface area (Å²) in [5.41, 5.74) is 4.02. The van der Waals surface area contributed by atoms with Gasteiger partial charge in [0.1, 0.15) is 0 Å². The lowest BCUT2D eigenvalue weighted by Gasteiger charge is -2.47. The molecule has 4 rings (SSSR count). The van der Waals surface area contributed by atoms with Crippen molar-refractivity contribution in [2.24, 2.45) is 23.2 Å². The molecule has 1 aliphatic heterocycles. The second-order valence-corrected chi connectivity index (χ2v) is 13.3. The van der Waals surface area contributed by atoms with Gasteiger partial charge in [-0.05, 0) is 101 Å². The van der Waals surface area contributed by atoms with Crippen molar-refractivity contribution in [2.45, 2.75) is 137 Å². The van der Waals surface area contributed by atoms with Crippen LogP contribution in [-0.4, -0.2) is 46.4 Å². The van der Waals surface area contributed by atoms with Crippen LogP contribution in [0.4, 0.5) is 0 Å². The van der Waals surface area contributed by atoms with Crippen LogP contribution in [0, 0.1) is 23.2 Å². The smallest absolute Gasteiger partial charge is 0.155 e. The van der Waals surface area contributed by atoms with E-state index in [9.17, 15) is 9.90 Å². The van der Waals surface area contributed by atoms with Gasteiger partial charge in [0.15, 0.2) is 5.78 Å². The van der Waals surface area contributed by atoms with Gasteiger partial charge in [-0.3, -0.25) is 9.69 Å². The first-order valence-corrected chi connectivity index (χ1v) is 16.1. The summed E-state index contributed by atoms with van der Waals surface area (Å²) in [6, 6.07) is 0.428. The van der Waals surface area contributed by atoms with Crippen molar-refractivity contribution in [1.29, 1.82) is 0 Å². The molecule has 0 aromatic rings. The number of halogens is 1. The first kappa shape index (κ1) is 30.9. The van der Waals surface area contributed by atoms with Crippen LogP contribution in [0.2, 0.25) is 0 Å². The van der Waals surface area contributed by atoms with E-state index in [1.54, 1.807) is 5.57 Å². The average molecular weight is 534 g/mol. The van der Waals surface area contributed by atoms with E-state index < -0.39 is 5.60 Å². The molecule has 3 nitrogen and oxygen atoms in total. The molecule has 5 unspecified atom stereocenters. The maximum Gasteiger partial charge on any atom is 0.155 e. The van der Waals surface area contributed by atoms with E-state index in [1.807, 2.05) is 19.9 Å². The molecule has 0 spiro atoms. The SMILES string of the molecule is CC.CC1=C(CC2CCCCC3=CC(=O)CCC32C)CCCC(O)([C@H](C)C2CCC(C)CN2CCCl)C1. The Morgan fingerprint density at radius 1 is 1.11 bits per heavy atom. The minimum absolute atomic E-state index is 0.175. The van der Waals surface area contributed by atoms with Crippen molar-refractivity contribution in [3.8, 4) is 0 Å². The highest BCUT2D eigenvalue weighted by Crippen LogP contribution is 2.52. The quantitative estimate of drug-likeness (QED) is 0.275. The summed E-state index contributed by atoms with van der Waals surface area (Å²) in [5.74, 6) is 2.59. The van der Waals surface area contributed by atoms with E-state index in [1.165, 1.54) is 43.3 Å². The Hall–Kier alpha value is -0.640. The Bertz CT molecular complexity index is 834. The Kier molecular flexibility index (Phi) is 11.4. The monoisotopic (exact) mass is 533 g/mol. The Morgan fingerprint density at radius 2 is 1.86 bits per heavy atom. The van der Waals surface area contributed by atoms with Crippen LogP contribution >= 0.6 is 11.6 Å². The van der Waals surface area contributed by atoms with Gasteiger partial charge in [0.05, 0.1) is 5.60 Å². The summed E-state index contributed by atoms with van der Waals surface area (Å²) in [6.07, 6.45) is 16.1. The zero-order valence-electron chi connectivity index (χ0n) is 24.9. The molecule has 0 aromatic heterocycles. The van der Waals surface area contributed by atoms with Gasteiger partial charge in [0.25, 0.3) is 0 Å². The minimum Gasteiger partial charge on any atom is -0.389 e. The molecular weight excluding hydrogens is 478 g/mol. The summed E-state index contributed by atoms with van der Waals surface area (Å²) >= 11 is 6.18.